The number of carbonyl (C=O) groups excluding carboxylic acids is 2. The molecule has 0 aromatic heterocycles. The molecule has 5 fully saturated rings. The SMILES string of the molecule is CC1(C)C=Cc2c(ccc3c2[N+]([O-])=C2C3CC34NC(=O)[C@@]5(CCCN5C3=O)C[C@H]4C2(C)C)O1. The Morgan fingerprint density at radius 3 is 2.76 bits per heavy atom. The van der Waals surface area contributed by atoms with Crippen LogP contribution in [-0.4, -0.2) is 50.4 Å². The number of nitrogens with one attached hydrogen (secondary N) is 1. The molecule has 2 unspecified atom stereocenters. The Morgan fingerprint density at radius 1 is 1.18 bits per heavy atom. The monoisotopic (exact) mass is 447 g/mol. The van der Waals surface area contributed by atoms with Gasteiger partial charge in [-0.2, -0.15) is 4.74 Å². The number of rotatable bonds is 0. The van der Waals surface area contributed by atoms with Gasteiger partial charge >= 0.3 is 0 Å². The van der Waals surface area contributed by atoms with Crippen molar-refractivity contribution in [1.82, 2.24) is 10.2 Å². The third-order valence-electron chi connectivity index (χ3n) is 9.43. The third kappa shape index (κ3) is 2.02. The smallest absolute Gasteiger partial charge is 0.249 e. The summed E-state index contributed by atoms with van der Waals surface area (Å²) in [6, 6.07) is 3.93. The van der Waals surface area contributed by atoms with Gasteiger partial charge in [-0.15, -0.1) is 0 Å². The van der Waals surface area contributed by atoms with E-state index in [1.807, 2.05) is 43.0 Å². The van der Waals surface area contributed by atoms with E-state index in [4.69, 9.17) is 4.74 Å². The highest BCUT2D eigenvalue weighted by molar-refractivity contribution is 6.09. The molecule has 7 heteroatoms. The van der Waals surface area contributed by atoms with Crippen LogP contribution in [0.2, 0.25) is 0 Å². The van der Waals surface area contributed by atoms with Crippen molar-refractivity contribution in [1.29, 1.82) is 0 Å². The molecule has 1 saturated carbocycles. The molecule has 2 amide bonds. The Hall–Kier alpha value is -2.83. The summed E-state index contributed by atoms with van der Waals surface area (Å²) in [5.74, 6) is 0.436. The summed E-state index contributed by atoms with van der Waals surface area (Å²) < 4.78 is 7.26. The molecule has 0 radical (unpaired) electrons. The minimum atomic E-state index is -0.951. The molecule has 2 bridgehead atoms. The van der Waals surface area contributed by atoms with Gasteiger partial charge in [0, 0.05) is 18.0 Å². The topological polar surface area (TPSA) is 84.7 Å². The van der Waals surface area contributed by atoms with E-state index in [0.29, 0.717) is 37.2 Å². The second kappa shape index (κ2) is 5.45. The number of carbonyl (C=O) groups is 2. The summed E-state index contributed by atoms with van der Waals surface area (Å²) >= 11 is 0. The number of ether oxygens (including phenoxy) is 1. The van der Waals surface area contributed by atoms with Crippen molar-refractivity contribution in [2.75, 3.05) is 6.54 Å². The van der Waals surface area contributed by atoms with Crippen molar-refractivity contribution >= 4 is 29.3 Å². The molecule has 7 aliphatic rings. The first-order valence-electron chi connectivity index (χ1n) is 12.1. The molecule has 8 rings (SSSR count). The Bertz CT molecular complexity index is 1240. The van der Waals surface area contributed by atoms with E-state index in [1.54, 1.807) is 0 Å². The number of amides is 2. The highest BCUT2D eigenvalue weighted by Gasteiger charge is 2.75. The van der Waals surface area contributed by atoms with Gasteiger partial charge < -0.3 is 20.2 Å². The Morgan fingerprint density at radius 2 is 1.97 bits per heavy atom. The van der Waals surface area contributed by atoms with Crippen molar-refractivity contribution < 1.29 is 19.1 Å². The molecule has 7 nitrogen and oxygen atoms in total. The van der Waals surface area contributed by atoms with Gasteiger partial charge in [-0.05, 0) is 77.7 Å². The van der Waals surface area contributed by atoms with Crippen molar-refractivity contribution in [2.24, 2.45) is 11.3 Å². The Balaban J connectivity index is 1.43. The molecule has 4 saturated heterocycles. The average Bonchev–Trinajstić information content (AvgIpc) is 3.29. The zero-order valence-electron chi connectivity index (χ0n) is 19.5. The van der Waals surface area contributed by atoms with E-state index in [2.05, 4.69) is 19.2 Å². The van der Waals surface area contributed by atoms with Gasteiger partial charge in [0.2, 0.25) is 17.5 Å². The first kappa shape index (κ1) is 19.6. The lowest BCUT2D eigenvalue weighted by Crippen LogP contribution is -2.84. The first-order chi connectivity index (χ1) is 15.5. The zero-order valence-corrected chi connectivity index (χ0v) is 19.5. The molecule has 1 aromatic rings. The van der Waals surface area contributed by atoms with E-state index in [-0.39, 0.29) is 23.7 Å². The van der Waals surface area contributed by atoms with Gasteiger partial charge in [0.1, 0.15) is 22.4 Å². The summed E-state index contributed by atoms with van der Waals surface area (Å²) in [5.41, 5.74) is 0.520. The van der Waals surface area contributed by atoms with Crippen LogP contribution in [0.1, 0.15) is 70.4 Å². The molecular weight excluding hydrogens is 418 g/mol. The quantitative estimate of drug-likeness (QED) is 0.489. The Kier molecular flexibility index (Phi) is 3.24. The van der Waals surface area contributed by atoms with Gasteiger partial charge in [-0.25, -0.2) is 0 Å². The third-order valence-corrected chi connectivity index (χ3v) is 9.43. The second-order valence-electron chi connectivity index (χ2n) is 11.9. The molecule has 1 N–H and O–H groups in total. The number of nitrogens with zero attached hydrogens (tertiary/aromatic N) is 2. The molecular formula is C26H29N3O4. The van der Waals surface area contributed by atoms with Crippen LogP contribution in [0.3, 0.4) is 0 Å². The van der Waals surface area contributed by atoms with Crippen molar-refractivity contribution in [3.8, 4) is 5.75 Å². The van der Waals surface area contributed by atoms with Crippen molar-refractivity contribution in [3.05, 3.63) is 34.5 Å². The number of benzene rings is 1. The van der Waals surface area contributed by atoms with E-state index in [1.165, 1.54) is 0 Å². The van der Waals surface area contributed by atoms with E-state index in [0.717, 1.165) is 28.0 Å². The molecule has 33 heavy (non-hydrogen) atoms. The fraction of sp³-hybridized carbons (Fsp3) is 0.577. The second-order valence-corrected chi connectivity index (χ2v) is 11.9. The van der Waals surface area contributed by atoms with Gasteiger partial charge in [0.15, 0.2) is 5.71 Å². The lowest BCUT2D eigenvalue weighted by molar-refractivity contribution is -0.365. The number of piperazine rings is 1. The lowest BCUT2D eigenvalue weighted by Gasteiger charge is -2.64. The minimum absolute atomic E-state index is 0.00342. The molecule has 172 valence electrons. The lowest BCUT2D eigenvalue weighted by atomic mass is 9.48. The average molecular weight is 448 g/mol. The van der Waals surface area contributed by atoms with Crippen LogP contribution in [0.25, 0.3) is 6.08 Å². The summed E-state index contributed by atoms with van der Waals surface area (Å²) in [5, 5.41) is 17.2. The molecule has 6 heterocycles. The first-order valence-corrected chi connectivity index (χ1v) is 12.1. The number of hydrogen-bond donors (Lipinski definition) is 1. The number of piperidine rings is 2. The van der Waals surface area contributed by atoms with Crippen LogP contribution in [0.5, 0.6) is 5.75 Å². The van der Waals surface area contributed by atoms with Gasteiger partial charge in [-0.1, -0.05) is 0 Å². The maximum Gasteiger partial charge on any atom is 0.249 e. The number of fused-ring (bicyclic) bond motifs is 6. The van der Waals surface area contributed by atoms with Crippen LogP contribution >= 0.6 is 0 Å². The maximum atomic E-state index is 13.9. The van der Waals surface area contributed by atoms with Gasteiger partial charge in [0.25, 0.3) is 0 Å². The van der Waals surface area contributed by atoms with Crippen LogP contribution in [0.4, 0.5) is 5.69 Å². The molecule has 2 spiro atoms. The van der Waals surface area contributed by atoms with Gasteiger partial charge in [0.05, 0.1) is 16.9 Å². The summed E-state index contributed by atoms with van der Waals surface area (Å²) in [4.78, 5) is 29.1. The van der Waals surface area contributed by atoms with E-state index < -0.39 is 22.1 Å². The summed E-state index contributed by atoms with van der Waals surface area (Å²) in [6.45, 7) is 8.82. The largest absolute Gasteiger partial charge is 0.618 e. The number of hydrogen-bond acceptors (Lipinski definition) is 4. The molecule has 4 atom stereocenters. The van der Waals surface area contributed by atoms with Crippen LogP contribution in [-0.2, 0) is 9.59 Å². The van der Waals surface area contributed by atoms with Crippen molar-refractivity contribution in [3.63, 3.8) is 0 Å². The standard InChI is InChI=1S/C26H29N3O4/c1-23(2)10-8-15-17(33-23)7-6-14-16-12-26-18(24(3,4)20(16)29(32)19(14)15)13-25(21(30)27-26)9-5-11-28(25)22(26)31/h6-8,10,16,18H,5,9,11-13H2,1-4H3,(H,27,30)/t16?,18-,25+,26?/m0/s1. The predicted octanol–water partition coefficient (Wildman–Crippen LogP) is 3.23. The zero-order chi connectivity index (χ0) is 23.1. The molecule has 6 aliphatic heterocycles. The van der Waals surface area contributed by atoms with Crippen molar-refractivity contribution in [2.45, 2.75) is 76.0 Å². The summed E-state index contributed by atoms with van der Waals surface area (Å²) in [7, 11) is 0. The van der Waals surface area contributed by atoms with E-state index in [9.17, 15) is 14.8 Å². The van der Waals surface area contributed by atoms with Crippen LogP contribution < -0.4 is 10.1 Å². The van der Waals surface area contributed by atoms with Crippen LogP contribution in [0, 0.1) is 16.5 Å². The van der Waals surface area contributed by atoms with Crippen LogP contribution in [0.15, 0.2) is 18.2 Å². The normalized spacial score (nSPS) is 38.2. The fourth-order valence-corrected chi connectivity index (χ4v) is 8.02. The predicted molar refractivity (Wildman–Crippen MR) is 122 cm³/mol. The van der Waals surface area contributed by atoms with E-state index >= 15 is 0 Å². The Labute approximate surface area is 193 Å². The fourth-order valence-electron chi connectivity index (χ4n) is 8.02. The molecule has 1 aromatic carbocycles. The maximum absolute atomic E-state index is 13.9. The highest BCUT2D eigenvalue weighted by atomic mass is 16.5. The highest BCUT2D eigenvalue weighted by Crippen LogP contribution is 2.63. The van der Waals surface area contributed by atoms with Gasteiger partial charge in [-0.3, -0.25) is 9.59 Å². The summed E-state index contributed by atoms with van der Waals surface area (Å²) in [6.07, 6.45) is 6.61. The minimum Gasteiger partial charge on any atom is -0.618 e. The molecule has 1 aliphatic carbocycles.